The van der Waals surface area contributed by atoms with Gasteiger partial charge in [-0.05, 0) is 53.2 Å². The van der Waals surface area contributed by atoms with E-state index in [2.05, 4.69) is 15.5 Å². The van der Waals surface area contributed by atoms with E-state index in [9.17, 15) is 4.79 Å². The van der Waals surface area contributed by atoms with Crippen molar-refractivity contribution in [2.75, 3.05) is 0 Å². The van der Waals surface area contributed by atoms with Crippen LogP contribution in [0.25, 0.3) is 16.9 Å². The molecule has 0 unspecified atom stereocenters. The standard InChI is InChI=1S/C21H19Cl3N6O2/c1-12-9-13(20-19(24)17(10-22)28(2)25-20)7-8-18(12)32-11-14-15(23)5-4-6-16(14)30-21(31)29(3)26-27-30/h4-9H,10-11H2,1-3H3. The largest absolute Gasteiger partial charge is 0.488 e. The van der Waals surface area contributed by atoms with Gasteiger partial charge in [0, 0.05) is 30.2 Å². The molecule has 0 saturated heterocycles. The number of rotatable bonds is 6. The maximum absolute atomic E-state index is 12.3. The van der Waals surface area contributed by atoms with Crippen LogP contribution in [-0.2, 0) is 26.6 Å². The normalized spacial score (nSPS) is 11.2. The van der Waals surface area contributed by atoms with Crippen LogP contribution in [0.3, 0.4) is 0 Å². The minimum absolute atomic E-state index is 0.138. The summed E-state index contributed by atoms with van der Waals surface area (Å²) in [6.07, 6.45) is 0. The van der Waals surface area contributed by atoms with E-state index < -0.39 is 0 Å². The van der Waals surface area contributed by atoms with Gasteiger partial charge in [-0.25, -0.2) is 4.79 Å². The lowest BCUT2D eigenvalue weighted by Gasteiger charge is -2.14. The number of hydrogen-bond acceptors (Lipinski definition) is 5. The molecule has 8 nitrogen and oxygen atoms in total. The van der Waals surface area contributed by atoms with Crippen molar-refractivity contribution in [2.45, 2.75) is 19.4 Å². The van der Waals surface area contributed by atoms with Gasteiger partial charge in [-0.2, -0.15) is 14.5 Å². The molecular formula is C21H19Cl3N6O2. The van der Waals surface area contributed by atoms with E-state index in [0.29, 0.717) is 32.7 Å². The number of aromatic nitrogens is 6. The zero-order valence-corrected chi connectivity index (χ0v) is 19.8. The van der Waals surface area contributed by atoms with Crippen LogP contribution in [0.5, 0.6) is 5.75 Å². The molecule has 32 heavy (non-hydrogen) atoms. The summed E-state index contributed by atoms with van der Waals surface area (Å²) in [5.41, 5.74) is 3.93. The molecule has 0 radical (unpaired) electrons. The number of tetrazole rings is 1. The predicted octanol–water partition coefficient (Wildman–Crippen LogP) is 4.30. The maximum Gasteiger partial charge on any atom is 0.368 e. The van der Waals surface area contributed by atoms with Crippen molar-refractivity contribution in [3.05, 3.63) is 73.7 Å². The Balaban J connectivity index is 1.62. The summed E-state index contributed by atoms with van der Waals surface area (Å²) < 4.78 is 10.1. The van der Waals surface area contributed by atoms with Crippen LogP contribution in [0.1, 0.15) is 16.8 Å². The molecule has 0 aliphatic heterocycles. The van der Waals surface area contributed by atoms with E-state index in [-0.39, 0.29) is 18.2 Å². The van der Waals surface area contributed by atoms with E-state index in [1.54, 1.807) is 29.9 Å². The number of hydrogen-bond donors (Lipinski definition) is 0. The van der Waals surface area contributed by atoms with Gasteiger partial charge in [-0.3, -0.25) is 4.68 Å². The molecule has 4 aromatic rings. The first-order chi connectivity index (χ1) is 15.3. The second-order valence-corrected chi connectivity index (χ2v) is 8.22. The Labute approximate surface area is 198 Å². The van der Waals surface area contributed by atoms with E-state index in [4.69, 9.17) is 39.5 Å². The van der Waals surface area contributed by atoms with E-state index >= 15 is 0 Å². The average Bonchev–Trinajstić information content (AvgIpc) is 3.25. The molecule has 0 amide bonds. The molecule has 0 saturated carbocycles. The highest BCUT2D eigenvalue weighted by Gasteiger charge is 2.17. The highest BCUT2D eigenvalue weighted by atomic mass is 35.5. The molecule has 4 rings (SSSR count). The molecule has 0 bridgehead atoms. The van der Waals surface area contributed by atoms with Crippen LogP contribution in [0.15, 0.2) is 41.2 Å². The third-order valence-electron chi connectivity index (χ3n) is 5.09. The lowest BCUT2D eigenvalue weighted by atomic mass is 10.1. The Morgan fingerprint density at radius 1 is 1.06 bits per heavy atom. The number of nitrogens with zero attached hydrogens (tertiary/aromatic N) is 6. The van der Waals surface area contributed by atoms with Crippen LogP contribution >= 0.6 is 34.8 Å². The quantitative estimate of drug-likeness (QED) is 0.374. The zero-order valence-electron chi connectivity index (χ0n) is 17.5. The van der Waals surface area contributed by atoms with Gasteiger partial charge in [0.2, 0.25) is 0 Å². The Kier molecular flexibility index (Phi) is 6.28. The third kappa shape index (κ3) is 4.01. The molecule has 11 heteroatoms. The summed E-state index contributed by atoms with van der Waals surface area (Å²) in [6, 6.07) is 10.9. The number of ether oxygens (including phenoxy) is 1. The lowest BCUT2D eigenvalue weighted by molar-refractivity contribution is 0.303. The molecule has 166 valence electrons. The number of aryl methyl sites for hydroxylation is 3. The Morgan fingerprint density at radius 3 is 2.47 bits per heavy atom. The molecule has 0 fully saturated rings. The van der Waals surface area contributed by atoms with Gasteiger partial charge < -0.3 is 4.74 Å². The second kappa shape index (κ2) is 8.97. The van der Waals surface area contributed by atoms with Gasteiger partial charge in [0.15, 0.2) is 0 Å². The van der Waals surface area contributed by atoms with Crippen molar-refractivity contribution >= 4 is 34.8 Å². The molecule has 2 aromatic heterocycles. The molecule has 0 aliphatic rings. The third-order valence-corrected chi connectivity index (χ3v) is 6.10. The summed E-state index contributed by atoms with van der Waals surface area (Å²) in [6.45, 7) is 2.07. The molecule has 0 spiro atoms. The van der Waals surface area contributed by atoms with Gasteiger partial charge in [0.1, 0.15) is 18.1 Å². The molecule has 2 heterocycles. The fourth-order valence-electron chi connectivity index (χ4n) is 3.32. The zero-order chi connectivity index (χ0) is 23.0. The minimum Gasteiger partial charge on any atom is -0.488 e. The summed E-state index contributed by atoms with van der Waals surface area (Å²) >= 11 is 18.8. The number of alkyl halides is 1. The molecular weight excluding hydrogens is 475 g/mol. The summed E-state index contributed by atoms with van der Waals surface area (Å²) in [4.78, 5) is 12.3. The second-order valence-electron chi connectivity index (χ2n) is 7.17. The maximum atomic E-state index is 12.3. The van der Waals surface area contributed by atoms with Gasteiger partial charge in [0.25, 0.3) is 0 Å². The lowest BCUT2D eigenvalue weighted by Crippen LogP contribution is -2.23. The van der Waals surface area contributed by atoms with Crippen LogP contribution in [0.4, 0.5) is 0 Å². The summed E-state index contributed by atoms with van der Waals surface area (Å²) in [7, 11) is 3.34. The van der Waals surface area contributed by atoms with Crippen LogP contribution in [0, 0.1) is 6.92 Å². The van der Waals surface area contributed by atoms with Gasteiger partial charge >= 0.3 is 5.69 Å². The minimum atomic E-state index is -0.377. The predicted molar refractivity (Wildman–Crippen MR) is 124 cm³/mol. The van der Waals surface area contributed by atoms with Gasteiger partial charge in [-0.1, -0.05) is 29.3 Å². The van der Waals surface area contributed by atoms with Crippen molar-refractivity contribution in [1.29, 1.82) is 0 Å². The smallest absolute Gasteiger partial charge is 0.368 e. The first-order valence-corrected chi connectivity index (χ1v) is 10.9. The fourth-order valence-corrected chi connectivity index (χ4v) is 4.26. The first-order valence-electron chi connectivity index (χ1n) is 9.59. The highest BCUT2D eigenvalue weighted by Crippen LogP contribution is 2.33. The van der Waals surface area contributed by atoms with E-state index in [1.807, 2.05) is 25.1 Å². The molecule has 0 atom stereocenters. The summed E-state index contributed by atoms with van der Waals surface area (Å²) in [5, 5.41) is 13.1. The first kappa shape index (κ1) is 22.4. The van der Waals surface area contributed by atoms with Crippen molar-refractivity contribution in [2.24, 2.45) is 14.1 Å². The van der Waals surface area contributed by atoms with E-state index in [1.165, 1.54) is 11.7 Å². The average molecular weight is 494 g/mol. The van der Waals surface area contributed by atoms with Crippen molar-refractivity contribution in [3.63, 3.8) is 0 Å². The Morgan fingerprint density at radius 2 is 1.84 bits per heavy atom. The SMILES string of the molecule is Cc1cc(-c2nn(C)c(CCl)c2Cl)ccc1OCc1c(Cl)cccc1-n1nnn(C)c1=O. The van der Waals surface area contributed by atoms with Crippen LogP contribution in [-0.4, -0.2) is 29.6 Å². The summed E-state index contributed by atoms with van der Waals surface area (Å²) in [5.74, 6) is 0.938. The van der Waals surface area contributed by atoms with Crippen LogP contribution < -0.4 is 10.4 Å². The highest BCUT2D eigenvalue weighted by molar-refractivity contribution is 6.34. The Hall–Kier alpha value is -2.81. The number of halogens is 3. The number of benzene rings is 2. The molecule has 0 aliphatic carbocycles. The topological polar surface area (TPSA) is 79.8 Å². The van der Waals surface area contributed by atoms with Crippen LogP contribution in [0.2, 0.25) is 10.0 Å². The van der Waals surface area contributed by atoms with E-state index in [0.717, 1.165) is 21.5 Å². The van der Waals surface area contributed by atoms with Crippen molar-refractivity contribution in [1.82, 2.24) is 29.6 Å². The van der Waals surface area contributed by atoms with Crippen molar-refractivity contribution < 1.29 is 4.74 Å². The van der Waals surface area contributed by atoms with Gasteiger partial charge in [-0.15, -0.1) is 11.6 Å². The monoisotopic (exact) mass is 492 g/mol. The molecule has 2 aromatic carbocycles. The molecule has 0 N–H and O–H groups in total. The van der Waals surface area contributed by atoms with Crippen molar-refractivity contribution in [3.8, 4) is 22.7 Å². The van der Waals surface area contributed by atoms with Gasteiger partial charge in [0.05, 0.1) is 22.3 Å². The fraction of sp³-hybridized carbons (Fsp3) is 0.238. The Bertz CT molecular complexity index is 1360.